The van der Waals surface area contributed by atoms with Crippen molar-refractivity contribution in [3.63, 3.8) is 0 Å². The lowest BCUT2D eigenvalue weighted by Crippen LogP contribution is -2.37. The number of likely N-dealkylation sites (N-methyl/N-ethyl adjacent to an activating group) is 1. The van der Waals surface area contributed by atoms with Gasteiger partial charge in [0.2, 0.25) is 5.91 Å². The molecule has 0 bridgehead atoms. The molecule has 3 nitrogen and oxygen atoms in total. The van der Waals surface area contributed by atoms with Gasteiger partial charge in [-0.1, -0.05) is 51.1 Å². The van der Waals surface area contributed by atoms with Gasteiger partial charge in [-0.05, 0) is 18.7 Å². The molecule has 0 saturated heterocycles. The molecule has 1 atom stereocenters. The van der Waals surface area contributed by atoms with E-state index in [1.807, 2.05) is 25.1 Å². The molecule has 0 fully saturated rings. The van der Waals surface area contributed by atoms with Gasteiger partial charge in [0.1, 0.15) is 0 Å². The highest BCUT2D eigenvalue weighted by molar-refractivity contribution is 5.75. The number of nitrogens with one attached hydrogen (secondary N) is 1. The summed E-state index contributed by atoms with van der Waals surface area (Å²) in [5.74, 6) is 0.114. The van der Waals surface area contributed by atoms with Crippen molar-refractivity contribution in [1.29, 1.82) is 0 Å². The fraction of sp³-hybridized carbons (Fsp3) is 0.533. The molecule has 100 valence electrons. The molecule has 1 rings (SSSR count). The minimum absolute atomic E-state index is 0.114. The third-order valence-corrected chi connectivity index (χ3v) is 3.25. The smallest absolute Gasteiger partial charge is 0.219 e. The zero-order valence-corrected chi connectivity index (χ0v) is 11.6. The maximum absolute atomic E-state index is 11.4. The van der Waals surface area contributed by atoms with Gasteiger partial charge in [0, 0.05) is 13.0 Å². The maximum Gasteiger partial charge on any atom is 0.219 e. The molecule has 1 N–H and O–H groups in total. The first-order valence-electron chi connectivity index (χ1n) is 6.78. The van der Waals surface area contributed by atoms with Crippen LogP contribution in [0.4, 0.5) is 0 Å². The van der Waals surface area contributed by atoms with Crippen molar-refractivity contribution >= 4 is 5.91 Å². The molecule has 0 aromatic heterocycles. The number of nitrogens with zero attached hydrogens (tertiary/aromatic N) is 1. The van der Waals surface area contributed by atoms with Gasteiger partial charge in [-0.2, -0.15) is 0 Å². The van der Waals surface area contributed by atoms with E-state index in [1.54, 1.807) is 0 Å². The molecule has 1 amide bonds. The lowest BCUT2D eigenvalue weighted by molar-refractivity contribution is -0.121. The van der Waals surface area contributed by atoms with Gasteiger partial charge in [-0.15, -0.1) is 0 Å². The number of hydrogen-bond donors (Lipinski definition) is 1. The van der Waals surface area contributed by atoms with Crippen LogP contribution in [0.15, 0.2) is 30.3 Å². The molecule has 0 aliphatic heterocycles. The second kappa shape index (κ2) is 7.88. The Balaban J connectivity index is 2.78. The first-order valence-corrected chi connectivity index (χ1v) is 6.78. The number of carbonyl (C=O) groups is 1. The molecule has 0 spiro atoms. The van der Waals surface area contributed by atoms with E-state index in [1.165, 1.54) is 5.56 Å². The molecule has 0 radical (unpaired) electrons. The van der Waals surface area contributed by atoms with E-state index in [4.69, 9.17) is 0 Å². The average molecular weight is 248 g/mol. The van der Waals surface area contributed by atoms with Crippen LogP contribution in [0.1, 0.15) is 38.8 Å². The van der Waals surface area contributed by atoms with Gasteiger partial charge < -0.3 is 5.32 Å². The molecule has 18 heavy (non-hydrogen) atoms. The monoisotopic (exact) mass is 248 g/mol. The zero-order chi connectivity index (χ0) is 13.4. The summed E-state index contributed by atoms with van der Waals surface area (Å²) in [5, 5.41) is 3.00. The molecule has 0 heterocycles. The van der Waals surface area contributed by atoms with E-state index in [2.05, 4.69) is 36.2 Å². The van der Waals surface area contributed by atoms with Crippen molar-refractivity contribution in [1.82, 2.24) is 10.2 Å². The van der Waals surface area contributed by atoms with Gasteiger partial charge in [0.05, 0.1) is 6.04 Å². The van der Waals surface area contributed by atoms with Crippen LogP contribution in [0.5, 0.6) is 0 Å². The van der Waals surface area contributed by atoms with Crippen molar-refractivity contribution in [2.75, 3.05) is 19.6 Å². The third kappa shape index (κ3) is 4.15. The summed E-state index contributed by atoms with van der Waals surface area (Å²) in [6.45, 7) is 8.83. The van der Waals surface area contributed by atoms with Gasteiger partial charge in [0.15, 0.2) is 0 Å². The zero-order valence-electron chi connectivity index (χ0n) is 11.6. The van der Waals surface area contributed by atoms with Crippen LogP contribution in [-0.4, -0.2) is 30.4 Å². The average Bonchev–Trinajstić information content (AvgIpc) is 2.44. The van der Waals surface area contributed by atoms with Crippen molar-refractivity contribution < 1.29 is 4.79 Å². The summed E-state index contributed by atoms with van der Waals surface area (Å²) < 4.78 is 0. The molecule has 1 unspecified atom stereocenters. The minimum Gasteiger partial charge on any atom is -0.354 e. The first-order chi connectivity index (χ1) is 8.72. The van der Waals surface area contributed by atoms with Crippen molar-refractivity contribution in [3.8, 4) is 0 Å². The predicted octanol–water partition coefficient (Wildman–Crippen LogP) is 2.60. The van der Waals surface area contributed by atoms with E-state index < -0.39 is 0 Å². The Morgan fingerprint density at radius 2 is 1.78 bits per heavy atom. The van der Waals surface area contributed by atoms with Crippen LogP contribution in [0.25, 0.3) is 0 Å². The summed E-state index contributed by atoms with van der Waals surface area (Å²) in [6.07, 6.45) is 0.541. The SMILES string of the molecule is CCC(=O)NCC(c1ccccc1)N(CC)CC. The normalized spacial score (nSPS) is 12.4. The summed E-state index contributed by atoms with van der Waals surface area (Å²) in [5.41, 5.74) is 1.26. The second-order valence-corrected chi connectivity index (χ2v) is 4.31. The third-order valence-electron chi connectivity index (χ3n) is 3.25. The molecule has 0 saturated carbocycles. The Bertz CT molecular complexity index is 347. The number of carbonyl (C=O) groups excluding carboxylic acids is 1. The highest BCUT2D eigenvalue weighted by Crippen LogP contribution is 2.19. The Morgan fingerprint density at radius 3 is 2.28 bits per heavy atom. The highest BCUT2D eigenvalue weighted by Gasteiger charge is 2.17. The number of benzene rings is 1. The van der Waals surface area contributed by atoms with E-state index in [9.17, 15) is 4.79 Å². The fourth-order valence-corrected chi connectivity index (χ4v) is 2.13. The molecule has 1 aromatic rings. The standard InChI is InChI=1S/C15H24N2O/c1-4-15(18)16-12-14(17(5-2)6-3)13-10-8-7-9-11-13/h7-11,14H,4-6,12H2,1-3H3,(H,16,18). The highest BCUT2D eigenvalue weighted by atomic mass is 16.1. The predicted molar refractivity (Wildman–Crippen MR) is 75.4 cm³/mol. The molecule has 0 aliphatic carbocycles. The molecule has 3 heteroatoms. The van der Waals surface area contributed by atoms with Gasteiger partial charge >= 0.3 is 0 Å². The quantitative estimate of drug-likeness (QED) is 0.804. The molecular weight excluding hydrogens is 224 g/mol. The maximum atomic E-state index is 11.4. The molecule has 0 aliphatic rings. The van der Waals surface area contributed by atoms with Crippen molar-refractivity contribution in [3.05, 3.63) is 35.9 Å². The van der Waals surface area contributed by atoms with E-state index in [-0.39, 0.29) is 11.9 Å². The summed E-state index contributed by atoms with van der Waals surface area (Å²) in [6, 6.07) is 10.6. The van der Waals surface area contributed by atoms with Crippen LogP contribution in [0, 0.1) is 0 Å². The van der Waals surface area contributed by atoms with E-state index >= 15 is 0 Å². The van der Waals surface area contributed by atoms with Crippen LogP contribution < -0.4 is 5.32 Å². The largest absolute Gasteiger partial charge is 0.354 e. The minimum atomic E-state index is 0.114. The fourth-order valence-electron chi connectivity index (χ4n) is 2.13. The second-order valence-electron chi connectivity index (χ2n) is 4.31. The summed E-state index contributed by atoms with van der Waals surface area (Å²) >= 11 is 0. The number of rotatable bonds is 7. The Hall–Kier alpha value is -1.35. The van der Waals surface area contributed by atoms with Crippen molar-refractivity contribution in [2.24, 2.45) is 0 Å². The number of amides is 1. The Labute approximate surface area is 110 Å². The van der Waals surface area contributed by atoms with E-state index in [0.717, 1.165) is 13.1 Å². The Morgan fingerprint density at radius 1 is 1.17 bits per heavy atom. The summed E-state index contributed by atoms with van der Waals surface area (Å²) in [4.78, 5) is 13.8. The van der Waals surface area contributed by atoms with Crippen LogP contribution >= 0.6 is 0 Å². The van der Waals surface area contributed by atoms with Crippen molar-refractivity contribution in [2.45, 2.75) is 33.2 Å². The van der Waals surface area contributed by atoms with Crippen LogP contribution in [0.3, 0.4) is 0 Å². The number of hydrogen-bond acceptors (Lipinski definition) is 2. The lowest BCUT2D eigenvalue weighted by Gasteiger charge is -2.30. The Kier molecular flexibility index (Phi) is 6.44. The molecular formula is C15H24N2O. The molecule has 1 aromatic carbocycles. The van der Waals surface area contributed by atoms with Gasteiger partial charge in [-0.25, -0.2) is 0 Å². The first kappa shape index (κ1) is 14.7. The van der Waals surface area contributed by atoms with E-state index in [0.29, 0.717) is 13.0 Å². The van der Waals surface area contributed by atoms with Crippen LogP contribution in [0.2, 0.25) is 0 Å². The lowest BCUT2D eigenvalue weighted by atomic mass is 10.1. The summed E-state index contributed by atoms with van der Waals surface area (Å²) in [7, 11) is 0. The van der Waals surface area contributed by atoms with Crippen LogP contribution in [-0.2, 0) is 4.79 Å². The topological polar surface area (TPSA) is 32.3 Å². The van der Waals surface area contributed by atoms with Gasteiger partial charge in [0.25, 0.3) is 0 Å². The van der Waals surface area contributed by atoms with Gasteiger partial charge in [-0.3, -0.25) is 9.69 Å².